The van der Waals surface area contributed by atoms with Crippen molar-refractivity contribution in [1.82, 2.24) is 10.2 Å². The number of ether oxygens (including phenoxy) is 3. The van der Waals surface area contributed by atoms with Crippen molar-refractivity contribution in [1.29, 1.82) is 5.26 Å². The summed E-state index contributed by atoms with van der Waals surface area (Å²) in [5.41, 5.74) is 8.01. The van der Waals surface area contributed by atoms with E-state index in [9.17, 15) is 15.4 Å². The number of nitro benzene ring substituents is 1. The molecule has 154 valence electrons. The van der Waals surface area contributed by atoms with Gasteiger partial charge in [0.25, 0.3) is 5.69 Å². The number of nitro groups is 1. The van der Waals surface area contributed by atoms with E-state index in [1.807, 2.05) is 0 Å². The van der Waals surface area contributed by atoms with Gasteiger partial charge in [0.15, 0.2) is 11.5 Å². The zero-order valence-corrected chi connectivity index (χ0v) is 16.3. The van der Waals surface area contributed by atoms with Crippen molar-refractivity contribution < 1.29 is 19.1 Å². The largest absolute Gasteiger partial charge is 0.454 e. The molecule has 0 unspecified atom stereocenters. The summed E-state index contributed by atoms with van der Waals surface area (Å²) in [5, 5.41) is 28.3. The number of halogens is 1. The quantitative estimate of drug-likeness (QED) is 0.466. The third-order valence-corrected chi connectivity index (χ3v) is 5.42. The van der Waals surface area contributed by atoms with E-state index < -0.39 is 10.8 Å². The minimum Gasteiger partial charge on any atom is -0.454 e. The second-order valence-electron chi connectivity index (χ2n) is 6.78. The van der Waals surface area contributed by atoms with Crippen LogP contribution in [-0.4, -0.2) is 21.9 Å². The average molecular weight is 438 g/mol. The number of nitrogens with zero attached hydrogens (tertiary/aromatic N) is 3. The Kier molecular flexibility index (Phi) is 4.20. The molecule has 2 aliphatic rings. The van der Waals surface area contributed by atoms with Crippen LogP contribution in [0.3, 0.4) is 0 Å². The third-order valence-electron chi connectivity index (χ3n) is 5.10. The first-order valence-electron chi connectivity index (χ1n) is 8.97. The lowest BCUT2D eigenvalue weighted by atomic mass is 9.83. The minimum absolute atomic E-state index is 0.0142. The molecule has 1 aromatic heterocycles. The first-order chi connectivity index (χ1) is 15.0. The monoisotopic (exact) mass is 437 g/mol. The zero-order valence-electron chi connectivity index (χ0n) is 15.6. The Morgan fingerprint density at radius 2 is 2.06 bits per heavy atom. The fourth-order valence-electron chi connectivity index (χ4n) is 3.70. The number of allylic oxidation sites excluding steroid dienone is 1. The van der Waals surface area contributed by atoms with E-state index in [4.69, 9.17) is 31.5 Å². The number of nitrogens with two attached hydrogens (primary N) is 1. The smallest absolute Gasteiger partial charge is 0.288 e. The SMILES string of the molecule is N#CC1=C(N)Oc2n[nH]c(-c3ccc4c(c3)OCO4)c2[C@@H]1c1ccc(Cl)c([N+](=O)[O-])c1. The molecule has 11 heteroatoms. The molecule has 10 nitrogen and oxygen atoms in total. The van der Waals surface area contributed by atoms with E-state index in [1.165, 1.54) is 12.1 Å². The van der Waals surface area contributed by atoms with Crippen LogP contribution in [0.1, 0.15) is 17.0 Å². The van der Waals surface area contributed by atoms with Crippen LogP contribution < -0.4 is 19.9 Å². The topological polar surface area (TPSA) is 149 Å². The van der Waals surface area contributed by atoms with Gasteiger partial charge in [-0.3, -0.25) is 15.2 Å². The highest BCUT2D eigenvalue weighted by Crippen LogP contribution is 2.47. The molecule has 3 aromatic rings. The maximum Gasteiger partial charge on any atom is 0.288 e. The Morgan fingerprint density at radius 1 is 1.26 bits per heavy atom. The van der Waals surface area contributed by atoms with Crippen molar-refractivity contribution in [2.24, 2.45) is 5.73 Å². The van der Waals surface area contributed by atoms with Gasteiger partial charge in [-0.15, -0.1) is 5.10 Å². The summed E-state index contributed by atoms with van der Waals surface area (Å²) in [4.78, 5) is 10.8. The number of hydrogen-bond donors (Lipinski definition) is 2. The van der Waals surface area contributed by atoms with Crippen LogP contribution in [0.5, 0.6) is 17.4 Å². The Bertz CT molecular complexity index is 1330. The lowest BCUT2D eigenvalue weighted by Gasteiger charge is -2.24. The summed E-state index contributed by atoms with van der Waals surface area (Å²) in [6.45, 7) is 0.123. The van der Waals surface area contributed by atoms with Crippen molar-refractivity contribution in [2.75, 3.05) is 6.79 Å². The summed E-state index contributed by atoms with van der Waals surface area (Å²) >= 11 is 5.98. The van der Waals surface area contributed by atoms with Gasteiger partial charge in [0.1, 0.15) is 16.7 Å². The number of hydrogen-bond acceptors (Lipinski definition) is 8. The van der Waals surface area contributed by atoms with Crippen molar-refractivity contribution in [3.05, 3.63) is 74.1 Å². The molecule has 2 aliphatic heterocycles. The summed E-state index contributed by atoms with van der Waals surface area (Å²) in [6, 6.07) is 11.7. The molecule has 0 spiro atoms. The van der Waals surface area contributed by atoms with Gasteiger partial charge in [0.2, 0.25) is 18.6 Å². The van der Waals surface area contributed by atoms with E-state index in [-0.39, 0.29) is 34.8 Å². The van der Waals surface area contributed by atoms with E-state index in [2.05, 4.69) is 16.3 Å². The van der Waals surface area contributed by atoms with Crippen molar-refractivity contribution in [3.63, 3.8) is 0 Å². The van der Waals surface area contributed by atoms with Gasteiger partial charge in [0, 0.05) is 11.6 Å². The first kappa shape index (κ1) is 18.8. The number of nitrogens with one attached hydrogen (secondary N) is 1. The third kappa shape index (κ3) is 2.91. The Morgan fingerprint density at radius 3 is 2.84 bits per heavy atom. The van der Waals surface area contributed by atoms with Gasteiger partial charge in [-0.1, -0.05) is 17.7 Å². The van der Waals surface area contributed by atoms with E-state index in [0.717, 1.165) is 0 Å². The van der Waals surface area contributed by atoms with Gasteiger partial charge in [-0.25, -0.2) is 0 Å². The van der Waals surface area contributed by atoms with Gasteiger partial charge in [-0.2, -0.15) is 5.26 Å². The highest BCUT2D eigenvalue weighted by Gasteiger charge is 2.36. The summed E-state index contributed by atoms with van der Waals surface area (Å²) in [5.74, 6) is 0.462. The molecule has 3 N–H and O–H groups in total. The average Bonchev–Trinajstić information content (AvgIpc) is 3.39. The number of benzene rings is 2. The van der Waals surface area contributed by atoms with E-state index in [1.54, 1.807) is 24.3 Å². The lowest BCUT2D eigenvalue weighted by Crippen LogP contribution is -2.21. The molecule has 3 heterocycles. The minimum atomic E-state index is -0.760. The fourth-order valence-corrected chi connectivity index (χ4v) is 3.89. The Balaban J connectivity index is 1.72. The molecular weight excluding hydrogens is 426 g/mol. The highest BCUT2D eigenvalue weighted by atomic mass is 35.5. The molecular formula is C20H12ClN5O5. The Labute approximate surface area is 179 Å². The normalized spacial score (nSPS) is 16.5. The van der Waals surface area contributed by atoms with Gasteiger partial charge >= 0.3 is 0 Å². The molecule has 5 rings (SSSR count). The van der Waals surface area contributed by atoms with Crippen LogP contribution in [0.2, 0.25) is 5.02 Å². The molecule has 0 aliphatic carbocycles. The fraction of sp³-hybridized carbons (Fsp3) is 0.100. The van der Waals surface area contributed by atoms with Crippen LogP contribution in [0.4, 0.5) is 5.69 Å². The lowest BCUT2D eigenvalue weighted by molar-refractivity contribution is -0.384. The zero-order chi connectivity index (χ0) is 21.7. The van der Waals surface area contributed by atoms with Crippen LogP contribution in [0.25, 0.3) is 11.3 Å². The van der Waals surface area contributed by atoms with E-state index >= 15 is 0 Å². The molecule has 0 saturated carbocycles. The van der Waals surface area contributed by atoms with Crippen molar-refractivity contribution in [2.45, 2.75) is 5.92 Å². The number of rotatable bonds is 3. The van der Waals surface area contributed by atoms with Gasteiger partial charge in [0.05, 0.1) is 22.1 Å². The van der Waals surface area contributed by atoms with Crippen LogP contribution in [0, 0.1) is 21.4 Å². The second kappa shape index (κ2) is 6.93. The molecule has 0 fully saturated rings. The molecule has 1 atom stereocenters. The van der Waals surface area contributed by atoms with Crippen molar-refractivity contribution >= 4 is 17.3 Å². The van der Waals surface area contributed by atoms with Gasteiger partial charge in [-0.05, 0) is 29.8 Å². The number of H-pyrrole nitrogens is 1. The molecule has 0 radical (unpaired) electrons. The number of fused-ring (bicyclic) bond motifs is 2. The van der Waals surface area contributed by atoms with Crippen LogP contribution in [-0.2, 0) is 0 Å². The summed E-state index contributed by atoms with van der Waals surface area (Å²) in [7, 11) is 0. The standard InChI is InChI=1S/C20H12ClN5O5/c21-12-3-1-9(5-13(12)26(27)28)16-11(7-22)19(23)31-20-17(16)18(24-25-20)10-2-4-14-15(6-10)30-8-29-14/h1-6,16H,8,23H2,(H,24,25)/t16-/m1/s1. The van der Waals surface area contributed by atoms with Gasteiger partial charge < -0.3 is 19.9 Å². The molecule has 0 saturated heterocycles. The first-order valence-corrected chi connectivity index (χ1v) is 9.35. The molecule has 2 aromatic carbocycles. The van der Waals surface area contributed by atoms with Crippen molar-refractivity contribution in [3.8, 4) is 34.7 Å². The molecule has 0 bridgehead atoms. The molecule has 0 amide bonds. The molecule has 31 heavy (non-hydrogen) atoms. The van der Waals surface area contributed by atoms with Crippen LogP contribution in [0.15, 0.2) is 47.9 Å². The van der Waals surface area contributed by atoms with E-state index in [0.29, 0.717) is 33.9 Å². The maximum absolute atomic E-state index is 11.4. The Hall–Kier alpha value is -4.23. The number of aromatic amines is 1. The second-order valence-corrected chi connectivity index (χ2v) is 7.19. The predicted molar refractivity (Wildman–Crippen MR) is 108 cm³/mol. The summed E-state index contributed by atoms with van der Waals surface area (Å²) in [6.07, 6.45) is 0. The maximum atomic E-state index is 11.4. The number of aromatic nitrogens is 2. The number of nitriles is 1. The highest BCUT2D eigenvalue weighted by molar-refractivity contribution is 6.32. The summed E-state index contributed by atoms with van der Waals surface area (Å²) < 4.78 is 16.4. The van der Waals surface area contributed by atoms with Crippen LogP contribution >= 0.6 is 11.6 Å². The predicted octanol–water partition coefficient (Wildman–Crippen LogP) is 3.59.